The quantitative estimate of drug-likeness (QED) is 0.157. The lowest BCUT2D eigenvalue weighted by Crippen LogP contribution is -2.37. The van der Waals surface area contributed by atoms with Gasteiger partial charge in [-0.05, 0) is 55.3 Å². The number of hydrogen-bond acceptors (Lipinski definition) is 8. The van der Waals surface area contributed by atoms with Crippen LogP contribution in [-0.2, 0) is 10.1 Å². The van der Waals surface area contributed by atoms with Gasteiger partial charge in [-0.15, -0.1) is 10.2 Å². The fourth-order valence-electron chi connectivity index (χ4n) is 3.62. The van der Waals surface area contributed by atoms with Gasteiger partial charge in [-0.3, -0.25) is 9.35 Å². The summed E-state index contributed by atoms with van der Waals surface area (Å²) >= 11 is 0. The first-order chi connectivity index (χ1) is 16.8. The van der Waals surface area contributed by atoms with E-state index >= 15 is 0 Å². The van der Waals surface area contributed by atoms with Crippen molar-refractivity contribution in [1.82, 2.24) is 0 Å². The molecular formula is C23H21N7O4S. The molecule has 1 aliphatic rings. The molecule has 0 atom stereocenters. The third-order valence-corrected chi connectivity index (χ3v) is 6.15. The van der Waals surface area contributed by atoms with Crippen LogP contribution < -0.4 is 27.1 Å². The van der Waals surface area contributed by atoms with E-state index in [1.165, 1.54) is 6.07 Å². The molecule has 12 heteroatoms. The van der Waals surface area contributed by atoms with Gasteiger partial charge in [0.1, 0.15) is 16.3 Å². The summed E-state index contributed by atoms with van der Waals surface area (Å²) in [6, 6.07) is 16.2. The molecule has 0 aromatic heterocycles. The van der Waals surface area contributed by atoms with E-state index in [2.05, 4.69) is 20.6 Å². The third kappa shape index (κ3) is 5.14. The normalized spacial score (nSPS) is 13.3. The number of benzene rings is 3. The van der Waals surface area contributed by atoms with Crippen LogP contribution >= 0.6 is 0 Å². The third-order valence-electron chi connectivity index (χ3n) is 5.26. The molecule has 0 spiro atoms. The van der Waals surface area contributed by atoms with Crippen LogP contribution in [0.3, 0.4) is 0 Å². The number of amides is 1. The summed E-state index contributed by atoms with van der Waals surface area (Å²) in [7, 11) is -4.54. The van der Waals surface area contributed by atoms with Crippen LogP contribution in [0.1, 0.15) is 23.2 Å². The summed E-state index contributed by atoms with van der Waals surface area (Å²) in [5.41, 5.74) is 1.53. The van der Waals surface area contributed by atoms with Crippen LogP contribution in [0.4, 0.5) is 22.7 Å². The van der Waals surface area contributed by atoms with E-state index < -0.39 is 16.0 Å². The second-order valence-corrected chi connectivity index (χ2v) is 8.89. The number of para-hydroxylation sites is 1. The molecule has 0 bridgehead atoms. The number of hydrogen-bond donors (Lipinski definition) is 3. The van der Waals surface area contributed by atoms with Crippen LogP contribution in [0.2, 0.25) is 0 Å². The van der Waals surface area contributed by atoms with Crippen molar-refractivity contribution in [3.05, 3.63) is 76.7 Å². The summed E-state index contributed by atoms with van der Waals surface area (Å²) in [4.78, 5) is 12.3. The van der Waals surface area contributed by atoms with Gasteiger partial charge in [-0.2, -0.15) is 13.5 Å². The smallest absolute Gasteiger partial charge is 0.295 e. The van der Waals surface area contributed by atoms with Crippen LogP contribution in [-0.4, -0.2) is 18.9 Å². The van der Waals surface area contributed by atoms with Crippen LogP contribution in [0.15, 0.2) is 86.1 Å². The van der Waals surface area contributed by atoms with E-state index in [-0.39, 0.29) is 16.3 Å². The van der Waals surface area contributed by atoms with Gasteiger partial charge in [0.25, 0.3) is 16.0 Å². The number of nitrogens with two attached hydrogens (primary N) is 2. The van der Waals surface area contributed by atoms with Crippen LogP contribution in [0.25, 0.3) is 12.2 Å². The number of anilines is 1. The molecule has 35 heavy (non-hydrogen) atoms. The molecule has 11 nitrogen and oxygen atoms in total. The Hall–Kier alpha value is -4.26. The largest absolute Gasteiger partial charge is 0.305 e. The molecule has 1 amide bonds. The molecule has 0 unspecified atom stereocenters. The Labute approximate surface area is 200 Å². The maximum Gasteiger partial charge on any atom is 0.295 e. The minimum absolute atomic E-state index is 0.0505. The van der Waals surface area contributed by atoms with Gasteiger partial charge in [0, 0.05) is 16.0 Å². The minimum atomic E-state index is -4.54. The predicted molar refractivity (Wildman–Crippen MR) is 130 cm³/mol. The Morgan fingerprint density at radius 2 is 1.57 bits per heavy atom. The molecule has 1 aliphatic carbocycles. The van der Waals surface area contributed by atoms with E-state index in [0.29, 0.717) is 40.2 Å². The molecule has 5 N–H and O–H groups in total. The molecule has 3 aromatic rings. The first kappa shape index (κ1) is 23.9. The first-order valence-corrected chi connectivity index (χ1v) is 11.9. The Morgan fingerprint density at radius 3 is 2.20 bits per heavy atom. The Balaban J connectivity index is 1.68. The highest BCUT2D eigenvalue weighted by atomic mass is 32.2. The highest BCUT2D eigenvalue weighted by Gasteiger charge is 2.19. The zero-order chi connectivity index (χ0) is 25.0. The molecule has 3 aromatic carbocycles. The number of hydrazine groups is 1. The summed E-state index contributed by atoms with van der Waals surface area (Å²) in [5.74, 6) is 10.8. The average Bonchev–Trinajstić information content (AvgIpc) is 2.87. The molecule has 0 fully saturated rings. The molecule has 0 saturated heterocycles. The lowest BCUT2D eigenvalue weighted by Gasteiger charge is -2.16. The zero-order valence-electron chi connectivity index (χ0n) is 18.3. The van der Waals surface area contributed by atoms with Gasteiger partial charge in [0.15, 0.2) is 0 Å². The number of nitrogens with zero attached hydrogens (tertiary/aromatic N) is 5. The highest BCUT2D eigenvalue weighted by Crippen LogP contribution is 2.29. The fraction of sp³-hybridized carbons (Fsp3) is 0.0870. The van der Waals surface area contributed by atoms with Gasteiger partial charge in [-0.25, -0.2) is 10.9 Å². The summed E-state index contributed by atoms with van der Waals surface area (Å²) < 4.78 is 33.7. The highest BCUT2D eigenvalue weighted by molar-refractivity contribution is 7.85. The summed E-state index contributed by atoms with van der Waals surface area (Å²) in [5, 5.41) is 17.3. The number of carbonyl (C=O) groups is 1. The van der Waals surface area contributed by atoms with Crippen molar-refractivity contribution in [2.45, 2.75) is 17.7 Å². The predicted octanol–water partition coefficient (Wildman–Crippen LogP) is 3.18. The molecule has 178 valence electrons. The van der Waals surface area contributed by atoms with Gasteiger partial charge in [0.2, 0.25) is 0 Å². The van der Waals surface area contributed by atoms with Crippen molar-refractivity contribution in [3.8, 4) is 0 Å². The van der Waals surface area contributed by atoms with Crippen molar-refractivity contribution < 1.29 is 17.8 Å². The maximum absolute atomic E-state index is 12.6. The Kier molecular flexibility index (Phi) is 6.78. The standard InChI is InChI=1S/C23H21N7O4S/c24-29-28-22-19-9-5-4-8-18(19)21(35(32,33)34)14-20(22)27-26-16-12-10-15(11-13-16)23(31)30(25)17-6-2-1-3-7-17/h1-3,6-14H,4-5,25H2,(H2,24,28)(H,32,33,34). The first-order valence-electron chi connectivity index (χ1n) is 10.4. The lowest BCUT2D eigenvalue weighted by molar-refractivity contribution is 0.0987. The summed E-state index contributed by atoms with van der Waals surface area (Å²) in [6.07, 6.45) is 4.72. The second kappa shape index (κ2) is 9.93. The summed E-state index contributed by atoms with van der Waals surface area (Å²) in [6.45, 7) is 0. The van der Waals surface area contributed by atoms with E-state index in [4.69, 9.17) is 11.7 Å². The van der Waals surface area contributed by atoms with Crippen molar-refractivity contribution in [3.63, 3.8) is 0 Å². The average molecular weight is 492 g/mol. The van der Waals surface area contributed by atoms with Gasteiger partial charge < -0.3 is 5.84 Å². The SMILES string of the molecule is NN=Nc1c(N=Nc2ccc(C(=O)N(N)c3ccccc3)cc2)cc(S(=O)(=O)O)c2c1=CCCC=2. The second-order valence-electron chi connectivity index (χ2n) is 7.50. The number of carbonyl (C=O) groups excluding carboxylic acids is 1. The number of azo groups is 1. The zero-order valence-corrected chi connectivity index (χ0v) is 19.1. The molecule has 0 heterocycles. The Morgan fingerprint density at radius 1 is 0.914 bits per heavy atom. The lowest BCUT2D eigenvalue weighted by atomic mass is 10.1. The number of rotatable bonds is 6. The molecule has 0 aliphatic heterocycles. The topological polar surface area (TPSA) is 176 Å². The van der Waals surface area contributed by atoms with E-state index in [0.717, 1.165) is 5.01 Å². The van der Waals surface area contributed by atoms with Gasteiger partial charge in [0.05, 0.1) is 11.4 Å². The van der Waals surface area contributed by atoms with Crippen molar-refractivity contribution in [2.75, 3.05) is 5.01 Å². The van der Waals surface area contributed by atoms with Gasteiger partial charge in [-0.1, -0.05) is 35.6 Å². The monoisotopic (exact) mass is 491 g/mol. The molecule has 0 radical (unpaired) electrons. The molecular weight excluding hydrogens is 470 g/mol. The Bertz CT molecular complexity index is 1550. The maximum atomic E-state index is 12.6. The van der Waals surface area contributed by atoms with Crippen LogP contribution in [0.5, 0.6) is 0 Å². The molecule has 4 rings (SSSR count). The number of fused-ring (bicyclic) bond motifs is 1. The fourth-order valence-corrected chi connectivity index (χ4v) is 4.35. The van der Waals surface area contributed by atoms with Gasteiger partial charge >= 0.3 is 0 Å². The van der Waals surface area contributed by atoms with Crippen molar-refractivity contribution in [1.29, 1.82) is 0 Å². The minimum Gasteiger partial charge on any atom is -0.305 e. The van der Waals surface area contributed by atoms with E-state index in [1.54, 1.807) is 60.7 Å². The van der Waals surface area contributed by atoms with E-state index in [1.807, 2.05) is 6.07 Å². The van der Waals surface area contributed by atoms with Crippen LogP contribution in [0, 0.1) is 0 Å². The van der Waals surface area contributed by atoms with Crippen molar-refractivity contribution >= 4 is 50.9 Å². The molecule has 0 saturated carbocycles. The van der Waals surface area contributed by atoms with Crippen molar-refractivity contribution in [2.24, 2.45) is 32.3 Å². The van der Waals surface area contributed by atoms with E-state index in [9.17, 15) is 17.8 Å².